The highest BCUT2D eigenvalue weighted by Crippen LogP contribution is 2.38. The first-order chi connectivity index (χ1) is 9.51. The second-order valence-electron chi connectivity index (χ2n) is 5.37. The van der Waals surface area contributed by atoms with Gasteiger partial charge < -0.3 is 9.47 Å². The fourth-order valence-corrected chi connectivity index (χ4v) is 2.65. The molecule has 20 heavy (non-hydrogen) atoms. The summed E-state index contributed by atoms with van der Waals surface area (Å²) in [5, 5.41) is 0. The molecule has 0 saturated carbocycles. The Morgan fingerprint density at radius 3 is 2.40 bits per heavy atom. The molecule has 0 fully saturated rings. The number of carbonyl (C=O) groups excluding carboxylic acids is 1. The molecule has 0 aliphatic heterocycles. The van der Waals surface area contributed by atoms with Crippen LogP contribution in [0.3, 0.4) is 0 Å². The summed E-state index contributed by atoms with van der Waals surface area (Å²) < 4.78 is 10.7. The van der Waals surface area contributed by atoms with E-state index in [1.807, 2.05) is 38.1 Å². The highest BCUT2D eigenvalue weighted by atomic mass is 16.5. The SMILES string of the molecule is CCOC(=O)C(CC)(Cc1ccccc1OC)C(C)C. The number of rotatable bonds is 7. The standard InChI is InChI=1S/C17H26O3/c1-6-17(13(3)4,16(18)20-7-2)12-14-10-8-9-11-15(14)19-5/h8-11,13H,6-7,12H2,1-5H3. The molecule has 0 radical (unpaired) electrons. The highest BCUT2D eigenvalue weighted by molar-refractivity contribution is 5.77. The summed E-state index contributed by atoms with van der Waals surface area (Å²) in [6.07, 6.45) is 1.39. The summed E-state index contributed by atoms with van der Waals surface area (Å²) in [6.45, 7) is 8.47. The maximum absolute atomic E-state index is 12.5. The first kappa shape index (κ1) is 16.5. The van der Waals surface area contributed by atoms with Gasteiger partial charge in [-0.3, -0.25) is 4.79 Å². The summed E-state index contributed by atoms with van der Waals surface area (Å²) >= 11 is 0. The molecule has 1 rings (SSSR count). The van der Waals surface area contributed by atoms with E-state index in [-0.39, 0.29) is 11.9 Å². The van der Waals surface area contributed by atoms with Gasteiger partial charge in [-0.15, -0.1) is 0 Å². The van der Waals surface area contributed by atoms with Crippen LogP contribution >= 0.6 is 0 Å². The van der Waals surface area contributed by atoms with E-state index >= 15 is 0 Å². The van der Waals surface area contributed by atoms with Gasteiger partial charge in [-0.25, -0.2) is 0 Å². The molecule has 0 N–H and O–H groups in total. The van der Waals surface area contributed by atoms with E-state index < -0.39 is 5.41 Å². The Bertz CT molecular complexity index is 440. The van der Waals surface area contributed by atoms with Gasteiger partial charge in [0.25, 0.3) is 0 Å². The van der Waals surface area contributed by atoms with Crippen molar-refractivity contribution in [1.29, 1.82) is 0 Å². The third-order valence-electron chi connectivity index (χ3n) is 4.12. The van der Waals surface area contributed by atoms with Gasteiger partial charge in [-0.2, -0.15) is 0 Å². The lowest BCUT2D eigenvalue weighted by Gasteiger charge is -2.34. The minimum atomic E-state index is -0.495. The van der Waals surface area contributed by atoms with Crippen LogP contribution in [0.5, 0.6) is 5.75 Å². The molecule has 0 spiro atoms. The fourth-order valence-electron chi connectivity index (χ4n) is 2.65. The maximum atomic E-state index is 12.5. The van der Waals surface area contributed by atoms with E-state index in [2.05, 4.69) is 13.8 Å². The lowest BCUT2D eigenvalue weighted by atomic mass is 9.70. The number of para-hydroxylation sites is 1. The molecule has 0 amide bonds. The molecule has 0 bridgehead atoms. The Hall–Kier alpha value is -1.51. The molecule has 1 atom stereocenters. The minimum absolute atomic E-state index is 0.108. The Kier molecular flexibility index (Phi) is 6.05. The Morgan fingerprint density at radius 2 is 1.90 bits per heavy atom. The maximum Gasteiger partial charge on any atom is 0.312 e. The van der Waals surface area contributed by atoms with Gasteiger partial charge in [0.1, 0.15) is 5.75 Å². The van der Waals surface area contributed by atoms with Gasteiger partial charge in [0, 0.05) is 0 Å². The van der Waals surface area contributed by atoms with Crippen LogP contribution in [0.2, 0.25) is 0 Å². The minimum Gasteiger partial charge on any atom is -0.496 e. The van der Waals surface area contributed by atoms with Crippen LogP contribution < -0.4 is 4.74 Å². The van der Waals surface area contributed by atoms with Crippen molar-refractivity contribution in [3.8, 4) is 5.75 Å². The van der Waals surface area contributed by atoms with Crippen LogP contribution in [0.15, 0.2) is 24.3 Å². The van der Waals surface area contributed by atoms with Crippen LogP contribution in [0.25, 0.3) is 0 Å². The van der Waals surface area contributed by atoms with Gasteiger partial charge in [0.2, 0.25) is 0 Å². The molecule has 1 unspecified atom stereocenters. The quantitative estimate of drug-likeness (QED) is 0.711. The fraction of sp³-hybridized carbons (Fsp3) is 0.588. The number of hydrogen-bond donors (Lipinski definition) is 0. The van der Waals surface area contributed by atoms with E-state index in [9.17, 15) is 4.79 Å². The van der Waals surface area contributed by atoms with Crippen LogP contribution in [-0.2, 0) is 16.0 Å². The van der Waals surface area contributed by atoms with Crippen LogP contribution in [0, 0.1) is 11.3 Å². The lowest BCUT2D eigenvalue weighted by Crippen LogP contribution is -2.39. The third-order valence-corrected chi connectivity index (χ3v) is 4.12. The molecule has 112 valence electrons. The molecule has 3 heteroatoms. The van der Waals surface area contributed by atoms with Gasteiger partial charge in [-0.1, -0.05) is 39.0 Å². The van der Waals surface area contributed by atoms with E-state index in [0.717, 1.165) is 17.7 Å². The van der Waals surface area contributed by atoms with Gasteiger partial charge in [0.15, 0.2) is 0 Å². The predicted octanol–water partition coefficient (Wildman–Crippen LogP) is 3.85. The van der Waals surface area contributed by atoms with Crippen LogP contribution in [-0.4, -0.2) is 19.7 Å². The number of ether oxygens (including phenoxy) is 2. The van der Waals surface area contributed by atoms with Gasteiger partial charge in [-0.05, 0) is 37.3 Å². The zero-order chi connectivity index (χ0) is 15.2. The third kappa shape index (κ3) is 3.33. The van der Waals surface area contributed by atoms with E-state index in [0.29, 0.717) is 13.0 Å². The van der Waals surface area contributed by atoms with Crippen molar-refractivity contribution in [2.75, 3.05) is 13.7 Å². The Labute approximate surface area is 122 Å². The van der Waals surface area contributed by atoms with E-state index in [4.69, 9.17) is 9.47 Å². The summed E-state index contributed by atoms with van der Waals surface area (Å²) in [7, 11) is 1.66. The molecule has 0 heterocycles. The first-order valence-corrected chi connectivity index (χ1v) is 7.30. The summed E-state index contributed by atoms with van der Waals surface area (Å²) in [5.74, 6) is 0.926. The molecular weight excluding hydrogens is 252 g/mol. The summed E-state index contributed by atoms with van der Waals surface area (Å²) in [6, 6.07) is 7.87. The number of hydrogen-bond acceptors (Lipinski definition) is 3. The first-order valence-electron chi connectivity index (χ1n) is 7.30. The van der Waals surface area contributed by atoms with Crippen LogP contribution in [0.1, 0.15) is 39.7 Å². The highest BCUT2D eigenvalue weighted by Gasteiger charge is 2.41. The molecule has 3 nitrogen and oxygen atoms in total. The largest absolute Gasteiger partial charge is 0.496 e. The average Bonchev–Trinajstić information content (AvgIpc) is 2.45. The normalized spacial score (nSPS) is 13.9. The number of methoxy groups -OCH3 is 1. The zero-order valence-electron chi connectivity index (χ0n) is 13.2. The monoisotopic (exact) mass is 278 g/mol. The van der Waals surface area contributed by atoms with E-state index in [1.54, 1.807) is 7.11 Å². The average molecular weight is 278 g/mol. The molecule has 0 aromatic heterocycles. The molecule has 0 aliphatic rings. The second kappa shape index (κ2) is 7.32. The number of benzene rings is 1. The molecule has 1 aromatic carbocycles. The molecule has 0 aliphatic carbocycles. The smallest absolute Gasteiger partial charge is 0.312 e. The van der Waals surface area contributed by atoms with Crippen molar-refractivity contribution in [2.24, 2.45) is 11.3 Å². The molecule has 0 saturated heterocycles. The zero-order valence-corrected chi connectivity index (χ0v) is 13.2. The van der Waals surface area contributed by atoms with Gasteiger partial charge >= 0.3 is 5.97 Å². The summed E-state index contributed by atoms with van der Waals surface area (Å²) in [5.41, 5.74) is 0.559. The number of esters is 1. The van der Waals surface area contributed by atoms with Crippen LogP contribution in [0.4, 0.5) is 0 Å². The second-order valence-corrected chi connectivity index (χ2v) is 5.37. The molecule has 1 aromatic rings. The topological polar surface area (TPSA) is 35.5 Å². The molecular formula is C17H26O3. The van der Waals surface area contributed by atoms with Crippen molar-refractivity contribution in [3.63, 3.8) is 0 Å². The number of carbonyl (C=O) groups is 1. The summed E-state index contributed by atoms with van der Waals surface area (Å²) in [4.78, 5) is 12.5. The van der Waals surface area contributed by atoms with Crippen molar-refractivity contribution >= 4 is 5.97 Å². The van der Waals surface area contributed by atoms with E-state index in [1.165, 1.54) is 0 Å². The van der Waals surface area contributed by atoms with Gasteiger partial charge in [0.05, 0.1) is 19.1 Å². The van der Waals surface area contributed by atoms with Crippen molar-refractivity contribution in [1.82, 2.24) is 0 Å². The Morgan fingerprint density at radius 1 is 1.25 bits per heavy atom. The lowest BCUT2D eigenvalue weighted by molar-refractivity contribution is -0.158. The van der Waals surface area contributed by atoms with Crippen molar-refractivity contribution in [3.05, 3.63) is 29.8 Å². The predicted molar refractivity (Wildman–Crippen MR) is 80.9 cm³/mol. The van der Waals surface area contributed by atoms with Crippen molar-refractivity contribution < 1.29 is 14.3 Å². The Balaban J connectivity index is 3.15. The van der Waals surface area contributed by atoms with Crippen molar-refractivity contribution in [2.45, 2.75) is 40.5 Å².